The minimum atomic E-state index is 0.362. The number of benzene rings is 6. The second-order valence-electron chi connectivity index (χ2n) is 16.4. The van der Waals surface area contributed by atoms with Gasteiger partial charge in [0.2, 0.25) is 0 Å². The highest BCUT2D eigenvalue weighted by Crippen LogP contribution is 2.45. The number of allylic oxidation sites excluding steroid dienone is 4. The number of hydrogen-bond acceptors (Lipinski definition) is 2. The molecule has 0 bridgehead atoms. The monoisotopic (exact) mass is 734 g/mol. The molecule has 0 aliphatic heterocycles. The lowest BCUT2D eigenvalue weighted by atomic mass is 9.84. The van der Waals surface area contributed by atoms with Crippen molar-refractivity contribution in [3.05, 3.63) is 175 Å². The van der Waals surface area contributed by atoms with Crippen molar-refractivity contribution in [1.82, 2.24) is 0 Å². The van der Waals surface area contributed by atoms with Crippen LogP contribution in [0.1, 0.15) is 119 Å². The molecule has 0 heterocycles. The van der Waals surface area contributed by atoms with E-state index in [0.29, 0.717) is 17.8 Å². The van der Waals surface area contributed by atoms with E-state index in [9.17, 15) is 0 Å². The third-order valence-electron chi connectivity index (χ3n) is 12.5. The summed E-state index contributed by atoms with van der Waals surface area (Å²) < 4.78 is 0. The number of nitrogens with zero attached hydrogens (tertiary/aromatic N) is 2. The fraction of sp³-hybridized carbons (Fsp3) is 0.296. The average molecular weight is 735 g/mol. The molecule has 0 atom stereocenters. The average Bonchev–Trinajstić information content (AvgIpc) is 3.26. The molecule has 2 nitrogen and oxygen atoms in total. The van der Waals surface area contributed by atoms with E-state index in [-0.39, 0.29) is 0 Å². The number of fused-ring (bicyclic) bond motifs is 2. The molecule has 2 fully saturated rings. The van der Waals surface area contributed by atoms with Gasteiger partial charge in [0, 0.05) is 33.5 Å². The summed E-state index contributed by atoms with van der Waals surface area (Å²) in [5.41, 5.74) is 11.3. The van der Waals surface area contributed by atoms with E-state index in [0.717, 1.165) is 11.4 Å². The predicted molar refractivity (Wildman–Crippen MR) is 244 cm³/mol. The lowest BCUT2D eigenvalue weighted by Crippen LogP contribution is -2.16. The van der Waals surface area contributed by atoms with E-state index in [1.165, 1.54) is 125 Å². The quantitative estimate of drug-likeness (QED) is 0.0966. The van der Waals surface area contributed by atoms with Gasteiger partial charge in [-0.2, -0.15) is 0 Å². The molecular weight excluding hydrogens is 677 g/mol. The summed E-state index contributed by atoms with van der Waals surface area (Å²) >= 11 is 0. The second-order valence-corrected chi connectivity index (χ2v) is 16.4. The van der Waals surface area contributed by atoms with Crippen LogP contribution in [0.3, 0.4) is 0 Å². The molecule has 2 saturated carbocycles. The van der Waals surface area contributed by atoms with Gasteiger partial charge in [-0.3, -0.25) is 0 Å². The summed E-state index contributed by atoms with van der Waals surface area (Å²) in [5.74, 6) is 1.71. The van der Waals surface area contributed by atoms with Gasteiger partial charge in [-0.25, -0.2) is 0 Å². The molecule has 0 radical (unpaired) electrons. The standard InChI is InChI=1S/C54H58N2/c1-5-7-23-47(6-2)55(49-31-27-42(28-32-49)40-18-11-8-12-19-40)54-38-45(39(3)4)35-46-37-51-44(36-52(46)54)22-17-26-53(51)56(48-24-15-10-16-25-48)50-33-29-43(30-34-50)41-20-13-9-14-21-41/h5-7,10,15-17,22-41H,1,8-9,11-14,18-21H2,2-4H3/b23-7-,47-6+. The van der Waals surface area contributed by atoms with Gasteiger partial charge in [-0.1, -0.05) is 138 Å². The topological polar surface area (TPSA) is 6.48 Å². The van der Waals surface area contributed by atoms with Crippen molar-refractivity contribution in [3.63, 3.8) is 0 Å². The molecule has 0 spiro atoms. The minimum Gasteiger partial charge on any atom is -0.310 e. The zero-order valence-corrected chi connectivity index (χ0v) is 33.8. The molecule has 6 aromatic rings. The van der Waals surface area contributed by atoms with Gasteiger partial charge < -0.3 is 9.80 Å². The largest absolute Gasteiger partial charge is 0.310 e. The molecule has 0 unspecified atom stereocenters. The molecule has 0 amide bonds. The third kappa shape index (κ3) is 7.85. The third-order valence-corrected chi connectivity index (χ3v) is 12.5. The zero-order valence-electron chi connectivity index (χ0n) is 33.8. The van der Waals surface area contributed by atoms with Crippen molar-refractivity contribution in [2.75, 3.05) is 9.80 Å². The van der Waals surface area contributed by atoms with Gasteiger partial charge in [0.05, 0.1) is 11.4 Å². The van der Waals surface area contributed by atoms with Crippen LogP contribution in [-0.2, 0) is 0 Å². The Morgan fingerprint density at radius 1 is 0.589 bits per heavy atom. The summed E-state index contributed by atoms with van der Waals surface area (Å²) in [7, 11) is 0. The van der Waals surface area contributed by atoms with E-state index in [1.54, 1.807) is 0 Å². The Balaban J connectivity index is 1.29. The van der Waals surface area contributed by atoms with Crippen molar-refractivity contribution in [2.45, 2.75) is 103 Å². The van der Waals surface area contributed by atoms with Crippen LogP contribution in [0.5, 0.6) is 0 Å². The van der Waals surface area contributed by atoms with Crippen molar-refractivity contribution in [3.8, 4) is 0 Å². The van der Waals surface area contributed by atoms with Crippen LogP contribution >= 0.6 is 0 Å². The minimum absolute atomic E-state index is 0.362. The van der Waals surface area contributed by atoms with E-state index in [4.69, 9.17) is 0 Å². The molecule has 0 aromatic heterocycles. The summed E-state index contributed by atoms with van der Waals surface area (Å²) in [6.07, 6.45) is 21.7. The highest BCUT2D eigenvalue weighted by Gasteiger charge is 2.23. The van der Waals surface area contributed by atoms with E-state index < -0.39 is 0 Å². The lowest BCUT2D eigenvalue weighted by molar-refractivity contribution is 0.443. The Morgan fingerprint density at radius 3 is 1.75 bits per heavy atom. The van der Waals surface area contributed by atoms with E-state index in [2.05, 4.69) is 177 Å². The molecular formula is C54H58N2. The van der Waals surface area contributed by atoms with Crippen LogP contribution in [0.15, 0.2) is 158 Å². The van der Waals surface area contributed by atoms with Gasteiger partial charge in [0.15, 0.2) is 0 Å². The Kier molecular flexibility index (Phi) is 11.5. The van der Waals surface area contributed by atoms with Gasteiger partial charge in [0.25, 0.3) is 0 Å². The van der Waals surface area contributed by atoms with Crippen molar-refractivity contribution in [1.29, 1.82) is 0 Å². The Labute approximate surface area is 335 Å². The molecule has 56 heavy (non-hydrogen) atoms. The van der Waals surface area contributed by atoms with Crippen molar-refractivity contribution in [2.24, 2.45) is 0 Å². The molecule has 6 aromatic carbocycles. The number of anilines is 5. The van der Waals surface area contributed by atoms with Gasteiger partial charge in [-0.05, 0) is 145 Å². The summed E-state index contributed by atoms with van der Waals surface area (Å²) in [5, 5.41) is 4.96. The normalized spacial score (nSPS) is 15.9. The van der Waals surface area contributed by atoms with Crippen LogP contribution < -0.4 is 9.80 Å². The first-order valence-electron chi connectivity index (χ1n) is 21.3. The maximum Gasteiger partial charge on any atom is 0.0542 e. The summed E-state index contributed by atoms with van der Waals surface area (Å²) in [6, 6.07) is 46.3. The van der Waals surface area contributed by atoms with Crippen LogP contribution in [-0.4, -0.2) is 0 Å². The van der Waals surface area contributed by atoms with Gasteiger partial charge >= 0.3 is 0 Å². The van der Waals surface area contributed by atoms with Crippen LogP contribution in [0, 0.1) is 0 Å². The lowest BCUT2D eigenvalue weighted by Gasteiger charge is -2.30. The molecule has 2 aliphatic carbocycles. The number of rotatable bonds is 11. The number of para-hydroxylation sites is 1. The molecule has 2 heteroatoms. The second kappa shape index (κ2) is 17.2. The first-order chi connectivity index (χ1) is 27.5. The Morgan fingerprint density at radius 2 is 1.16 bits per heavy atom. The zero-order chi connectivity index (χ0) is 38.4. The molecule has 2 aliphatic rings. The predicted octanol–water partition coefficient (Wildman–Crippen LogP) is 16.5. The van der Waals surface area contributed by atoms with Crippen molar-refractivity contribution >= 4 is 50.0 Å². The molecule has 284 valence electrons. The number of hydrogen-bond donors (Lipinski definition) is 0. The molecule has 0 saturated heterocycles. The highest BCUT2D eigenvalue weighted by molar-refractivity contribution is 6.10. The van der Waals surface area contributed by atoms with Gasteiger partial charge in [-0.15, -0.1) is 0 Å². The molecule has 0 N–H and O–H groups in total. The molecule has 8 rings (SSSR count). The first kappa shape index (κ1) is 37.6. The van der Waals surface area contributed by atoms with Gasteiger partial charge in [0.1, 0.15) is 0 Å². The fourth-order valence-corrected chi connectivity index (χ4v) is 9.40. The Hall–Kier alpha value is -5.34. The summed E-state index contributed by atoms with van der Waals surface area (Å²) in [4.78, 5) is 4.91. The Bertz CT molecular complexity index is 2320. The van der Waals surface area contributed by atoms with E-state index in [1.807, 2.05) is 6.08 Å². The summed E-state index contributed by atoms with van der Waals surface area (Å²) in [6.45, 7) is 10.8. The SMILES string of the molecule is C=C/C=C\C(=C/C)N(c1ccc(C2CCCCC2)cc1)c1cc(C(C)C)cc2cc3c(N(c4ccccc4)c4ccc(C5CCCCC5)cc4)cccc3cc12. The van der Waals surface area contributed by atoms with Crippen molar-refractivity contribution < 1.29 is 0 Å². The van der Waals surface area contributed by atoms with Crippen LogP contribution in [0.4, 0.5) is 28.4 Å². The maximum atomic E-state index is 4.01. The highest BCUT2D eigenvalue weighted by atomic mass is 15.2. The fourth-order valence-electron chi connectivity index (χ4n) is 9.40. The maximum absolute atomic E-state index is 4.01. The smallest absolute Gasteiger partial charge is 0.0542 e. The van der Waals surface area contributed by atoms with Crippen LogP contribution in [0.2, 0.25) is 0 Å². The van der Waals surface area contributed by atoms with Crippen LogP contribution in [0.25, 0.3) is 21.5 Å². The first-order valence-corrected chi connectivity index (χ1v) is 21.3. The van der Waals surface area contributed by atoms with E-state index >= 15 is 0 Å².